The first-order valence-electron chi connectivity index (χ1n) is 8.15. The highest BCUT2D eigenvalue weighted by atomic mass is 32.2. The van der Waals surface area contributed by atoms with Crippen LogP contribution in [0.3, 0.4) is 0 Å². The van der Waals surface area contributed by atoms with Crippen LogP contribution in [-0.2, 0) is 24.4 Å². The molecule has 0 spiro atoms. The van der Waals surface area contributed by atoms with Crippen molar-refractivity contribution in [2.45, 2.75) is 49.7 Å². The van der Waals surface area contributed by atoms with Gasteiger partial charge in [0.15, 0.2) is 0 Å². The fourth-order valence-corrected chi connectivity index (χ4v) is 4.62. The second-order valence-electron chi connectivity index (χ2n) is 6.84. The average Bonchev–Trinajstić information content (AvgIpc) is 2.86. The highest BCUT2D eigenvalue weighted by Gasteiger charge is 2.39. The van der Waals surface area contributed by atoms with Crippen LogP contribution in [0, 0.1) is 0 Å². The van der Waals surface area contributed by atoms with Crippen LogP contribution in [0.15, 0.2) is 29.2 Å². The van der Waals surface area contributed by atoms with Crippen molar-refractivity contribution in [1.29, 1.82) is 0 Å². The second kappa shape index (κ2) is 7.79. The summed E-state index contributed by atoms with van der Waals surface area (Å²) in [7, 11) is -4.19. The van der Waals surface area contributed by atoms with Gasteiger partial charge < -0.3 is 5.32 Å². The third-order valence-corrected chi connectivity index (χ3v) is 6.58. The number of nitrogens with zero attached hydrogens (tertiary/aromatic N) is 1. The van der Waals surface area contributed by atoms with Gasteiger partial charge in [-0.05, 0) is 24.3 Å². The SMILES string of the molecule is CC(C)(C)SCCC(=O)Nc1ccc(S(=O)(=O)N2C(=O)CCC2=O)cc1. The average molecular weight is 399 g/mol. The smallest absolute Gasteiger partial charge is 0.273 e. The normalized spacial score (nSPS) is 15.4. The predicted octanol–water partition coefficient (Wildman–Crippen LogP) is 2.38. The van der Waals surface area contributed by atoms with Gasteiger partial charge in [-0.3, -0.25) is 14.4 Å². The van der Waals surface area contributed by atoms with Crippen molar-refractivity contribution in [2.24, 2.45) is 0 Å². The maximum absolute atomic E-state index is 12.4. The molecule has 142 valence electrons. The largest absolute Gasteiger partial charge is 0.326 e. The van der Waals surface area contributed by atoms with Crippen LogP contribution in [0.25, 0.3) is 0 Å². The molecule has 1 aromatic rings. The molecule has 1 aromatic carbocycles. The molecule has 26 heavy (non-hydrogen) atoms. The fourth-order valence-electron chi connectivity index (χ4n) is 2.31. The number of amides is 3. The Labute approximate surface area is 157 Å². The summed E-state index contributed by atoms with van der Waals surface area (Å²) in [4.78, 5) is 35.1. The van der Waals surface area contributed by atoms with Gasteiger partial charge in [0.2, 0.25) is 17.7 Å². The lowest BCUT2D eigenvalue weighted by atomic mass is 10.3. The zero-order valence-corrected chi connectivity index (χ0v) is 16.6. The van der Waals surface area contributed by atoms with E-state index in [1.54, 1.807) is 11.8 Å². The summed E-state index contributed by atoms with van der Waals surface area (Å²) < 4.78 is 25.2. The van der Waals surface area contributed by atoms with Gasteiger partial charge in [-0.25, -0.2) is 8.42 Å². The van der Waals surface area contributed by atoms with Gasteiger partial charge in [0, 0.05) is 35.4 Å². The van der Waals surface area contributed by atoms with E-state index in [0.29, 0.717) is 22.2 Å². The third-order valence-electron chi connectivity index (χ3n) is 3.55. The summed E-state index contributed by atoms with van der Waals surface area (Å²) in [6.07, 6.45) is 0.149. The Morgan fingerprint density at radius 2 is 1.65 bits per heavy atom. The molecule has 1 saturated heterocycles. The van der Waals surface area contributed by atoms with Crippen LogP contribution in [0.2, 0.25) is 0 Å². The zero-order valence-electron chi connectivity index (χ0n) is 14.9. The first-order chi connectivity index (χ1) is 12.0. The van der Waals surface area contributed by atoms with Crippen LogP contribution >= 0.6 is 11.8 Å². The molecule has 0 unspecified atom stereocenters. The van der Waals surface area contributed by atoms with Gasteiger partial charge >= 0.3 is 0 Å². The molecule has 0 aromatic heterocycles. The number of carbonyl (C=O) groups excluding carboxylic acids is 3. The van der Waals surface area contributed by atoms with Gasteiger partial charge in [-0.15, -0.1) is 0 Å². The van der Waals surface area contributed by atoms with Gasteiger partial charge in [-0.2, -0.15) is 16.1 Å². The molecule has 0 bridgehead atoms. The van der Waals surface area contributed by atoms with E-state index < -0.39 is 21.8 Å². The Hall–Kier alpha value is -1.87. The summed E-state index contributed by atoms with van der Waals surface area (Å²) in [5, 5.41) is 2.70. The number of hydrogen-bond acceptors (Lipinski definition) is 6. The molecular formula is C17H22N2O5S2. The van der Waals surface area contributed by atoms with Gasteiger partial charge in [-0.1, -0.05) is 20.8 Å². The molecule has 9 heteroatoms. The van der Waals surface area contributed by atoms with Gasteiger partial charge in [0.1, 0.15) is 0 Å². The van der Waals surface area contributed by atoms with Crippen molar-refractivity contribution in [1.82, 2.24) is 4.31 Å². The highest BCUT2D eigenvalue weighted by molar-refractivity contribution is 8.00. The lowest BCUT2D eigenvalue weighted by molar-refractivity contribution is -0.132. The second-order valence-corrected chi connectivity index (χ2v) is 10.5. The summed E-state index contributed by atoms with van der Waals surface area (Å²) in [5.74, 6) is -0.921. The third kappa shape index (κ3) is 5.07. The van der Waals surface area contributed by atoms with Crippen LogP contribution in [0.1, 0.15) is 40.0 Å². The monoisotopic (exact) mass is 398 g/mol. The Balaban J connectivity index is 2.01. The maximum atomic E-state index is 12.4. The molecule has 2 rings (SSSR count). The van der Waals surface area contributed by atoms with E-state index in [1.807, 2.05) is 0 Å². The first-order valence-corrected chi connectivity index (χ1v) is 10.6. The maximum Gasteiger partial charge on any atom is 0.273 e. The minimum absolute atomic E-state index is 0.0841. The van der Waals surface area contributed by atoms with E-state index in [1.165, 1.54) is 24.3 Å². The van der Waals surface area contributed by atoms with E-state index in [2.05, 4.69) is 26.1 Å². The van der Waals surface area contributed by atoms with Crippen molar-refractivity contribution >= 4 is 45.2 Å². The van der Waals surface area contributed by atoms with E-state index in [0.717, 1.165) is 0 Å². The summed E-state index contributed by atoms with van der Waals surface area (Å²) in [6, 6.07) is 5.42. The van der Waals surface area contributed by atoms with Gasteiger partial charge in [0.25, 0.3) is 10.0 Å². The summed E-state index contributed by atoms with van der Waals surface area (Å²) >= 11 is 1.68. The van der Waals surface area contributed by atoms with Crippen molar-refractivity contribution in [2.75, 3.05) is 11.1 Å². The Morgan fingerprint density at radius 1 is 1.12 bits per heavy atom. The van der Waals surface area contributed by atoms with E-state index in [-0.39, 0.29) is 28.4 Å². The standard InChI is InChI=1S/C17H22N2O5S2/c1-17(2,3)25-11-10-14(20)18-12-4-6-13(7-5-12)26(23,24)19-15(21)8-9-16(19)22/h4-7H,8-11H2,1-3H3,(H,18,20). The Bertz CT molecular complexity index is 795. The van der Waals surface area contributed by atoms with Crippen molar-refractivity contribution in [3.8, 4) is 0 Å². The van der Waals surface area contributed by atoms with Crippen molar-refractivity contribution < 1.29 is 22.8 Å². The fraction of sp³-hybridized carbons (Fsp3) is 0.471. The lowest BCUT2D eigenvalue weighted by Crippen LogP contribution is -2.35. The molecule has 1 aliphatic heterocycles. The Morgan fingerprint density at radius 3 is 2.15 bits per heavy atom. The molecule has 1 heterocycles. The van der Waals surface area contributed by atoms with Crippen LogP contribution < -0.4 is 5.32 Å². The molecule has 1 fully saturated rings. The number of imide groups is 1. The minimum Gasteiger partial charge on any atom is -0.326 e. The Kier molecular flexibility index (Phi) is 6.13. The topological polar surface area (TPSA) is 101 Å². The highest BCUT2D eigenvalue weighted by Crippen LogP contribution is 2.25. The molecule has 0 aliphatic carbocycles. The van der Waals surface area contributed by atoms with E-state index in [9.17, 15) is 22.8 Å². The zero-order chi connectivity index (χ0) is 19.5. The minimum atomic E-state index is -4.19. The predicted molar refractivity (Wildman–Crippen MR) is 100 cm³/mol. The molecule has 1 aliphatic rings. The molecule has 0 atom stereocenters. The molecule has 1 N–H and O–H groups in total. The molecular weight excluding hydrogens is 376 g/mol. The molecule has 0 saturated carbocycles. The quantitative estimate of drug-likeness (QED) is 0.739. The van der Waals surface area contributed by atoms with Crippen molar-refractivity contribution in [3.05, 3.63) is 24.3 Å². The van der Waals surface area contributed by atoms with Crippen LogP contribution in [-0.4, -0.2) is 40.9 Å². The summed E-state index contributed by atoms with van der Waals surface area (Å²) in [5.41, 5.74) is 0.453. The van der Waals surface area contributed by atoms with Crippen LogP contribution in [0.5, 0.6) is 0 Å². The molecule has 0 radical (unpaired) electrons. The number of carbonyl (C=O) groups is 3. The van der Waals surface area contributed by atoms with Crippen LogP contribution in [0.4, 0.5) is 5.69 Å². The molecule has 3 amide bonds. The number of nitrogens with one attached hydrogen (secondary N) is 1. The number of rotatable bonds is 6. The first kappa shape index (κ1) is 20.4. The van der Waals surface area contributed by atoms with E-state index >= 15 is 0 Å². The van der Waals surface area contributed by atoms with Gasteiger partial charge in [0.05, 0.1) is 4.90 Å². The number of benzene rings is 1. The number of hydrogen-bond donors (Lipinski definition) is 1. The number of thioether (sulfide) groups is 1. The summed E-state index contributed by atoms with van der Waals surface area (Å²) in [6.45, 7) is 6.22. The number of sulfonamides is 1. The van der Waals surface area contributed by atoms with Crippen molar-refractivity contribution in [3.63, 3.8) is 0 Å². The molecule has 7 nitrogen and oxygen atoms in total. The number of anilines is 1. The lowest BCUT2D eigenvalue weighted by Gasteiger charge is -2.17. The van der Waals surface area contributed by atoms with E-state index in [4.69, 9.17) is 0 Å².